The number of benzene rings is 1. The van der Waals surface area contributed by atoms with E-state index in [1.807, 2.05) is 0 Å². The lowest BCUT2D eigenvalue weighted by atomic mass is 9.94. The molecule has 32 heavy (non-hydrogen) atoms. The summed E-state index contributed by atoms with van der Waals surface area (Å²) in [7, 11) is -8.03. The van der Waals surface area contributed by atoms with Crippen molar-refractivity contribution in [3.8, 4) is 0 Å². The number of alkyl halides is 3. The van der Waals surface area contributed by atoms with Gasteiger partial charge in [-0.05, 0) is 44.0 Å². The van der Waals surface area contributed by atoms with Crippen molar-refractivity contribution in [1.29, 1.82) is 0 Å². The summed E-state index contributed by atoms with van der Waals surface area (Å²) in [5.41, 5.74) is -1.32. The third-order valence-corrected chi connectivity index (χ3v) is 9.21. The number of sulfone groups is 2. The Balaban J connectivity index is 2.00. The maximum atomic E-state index is 13.8. The summed E-state index contributed by atoms with van der Waals surface area (Å²) in [6.07, 6.45) is -4.18. The molecule has 176 valence electrons. The third-order valence-electron chi connectivity index (χ3n) is 5.30. The molecule has 6 nitrogen and oxygen atoms in total. The molecular formula is C19H18ClF4NO5S2. The van der Waals surface area contributed by atoms with E-state index < -0.39 is 53.0 Å². The Labute approximate surface area is 187 Å². The first-order chi connectivity index (χ1) is 14.5. The van der Waals surface area contributed by atoms with Crippen molar-refractivity contribution in [3.63, 3.8) is 0 Å². The van der Waals surface area contributed by atoms with Crippen molar-refractivity contribution in [2.75, 3.05) is 12.9 Å². The third kappa shape index (κ3) is 4.78. The lowest BCUT2D eigenvalue weighted by molar-refractivity contribution is -0.137. The smallest absolute Gasteiger partial charge is 0.372 e. The number of pyridine rings is 1. The van der Waals surface area contributed by atoms with Crippen molar-refractivity contribution < 1.29 is 39.1 Å². The molecule has 0 saturated carbocycles. The number of ether oxygens (including phenoxy) is 1. The molecule has 3 rings (SSSR count). The highest BCUT2D eigenvalue weighted by Crippen LogP contribution is 2.44. The Hall–Kier alpha value is -1.76. The summed E-state index contributed by atoms with van der Waals surface area (Å²) < 4.78 is 107. The SMILES string of the molecule is CC1(S(=O)(=O)c2cc(F)cc(C(F)(F)F)c2)CCOC(c2ncc(S(C)(=O)=O)cc2Cl)C1. The molecule has 0 spiro atoms. The van der Waals surface area contributed by atoms with Gasteiger partial charge in [0.25, 0.3) is 0 Å². The van der Waals surface area contributed by atoms with Crippen LogP contribution in [0.1, 0.15) is 37.1 Å². The minimum atomic E-state index is -4.93. The number of rotatable bonds is 4. The second-order valence-corrected chi connectivity index (χ2v) is 12.6. The topological polar surface area (TPSA) is 90.4 Å². The van der Waals surface area contributed by atoms with E-state index in [0.717, 1.165) is 18.5 Å². The number of halogens is 5. The molecule has 1 aliphatic rings. The Bertz CT molecular complexity index is 1260. The first-order valence-electron chi connectivity index (χ1n) is 9.14. The van der Waals surface area contributed by atoms with E-state index in [4.69, 9.17) is 16.3 Å². The zero-order valence-electron chi connectivity index (χ0n) is 16.8. The lowest BCUT2D eigenvalue weighted by Gasteiger charge is -2.37. The standard InChI is InChI=1S/C19H18ClF4NO5S2/c1-18(32(28,29)13-6-11(19(22,23)24)5-12(21)7-13)3-4-30-16(9-18)17-15(20)8-14(10-25-17)31(2,26)27/h5-8,10,16H,3-4,9H2,1-2H3. The molecule has 0 amide bonds. The van der Waals surface area contributed by atoms with Gasteiger partial charge in [-0.2, -0.15) is 13.2 Å². The van der Waals surface area contributed by atoms with Crippen LogP contribution in [0, 0.1) is 5.82 Å². The van der Waals surface area contributed by atoms with E-state index >= 15 is 0 Å². The van der Waals surface area contributed by atoms with Crippen LogP contribution in [0.2, 0.25) is 5.02 Å². The minimum absolute atomic E-state index is 0.0651. The molecule has 2 unspecified atom stereocenters. The summed E-state index contributed by atoms with van der Waals surface area (Å²) >= 11 is 6.15. The van der Waals surface area contributed by atoms with Crippen molar-refractivity contribution in [2.45, 2.75) is 46.6 Å². The minimum Gasteiger partial charge on any atom is -0.372 e. The van der Waals surface area contributed by atoms with Crippen molar-refractivity contribution in [2.24, 2.45) is 0 Å². The Morgan fingerprint density at radius 3 is 2.34 bits per heavy atom. The summed E-state index contributed by atoms with van der Waals surface area (Å²) in [4.78, 5) is 3.08. The van der Waals surface area contributed by atoms with Crippen LogP contribution < -0.4 is 0 Å². The van der Waals surface area contributed by atoms with Gasteiger partial charge < -0.3 is 4.74 Å². The molecule has 1 aromatic heterocycles. The van der Waals surface area contributed by atoms with E-state index in [2.05, 4.69) is 4.98 Å². The van der Waals surface area contributed by atoms with Gasteiger partial charge in [0.15, 0.2) is 19.7 Å². The van der Waals surface area contributed by atoms with Crippen LogP contribution in [0.25, 0.3) is 0 Å². The van der Waals surface area contributed by atoms with Crippen molar-refractivity contribution >= 4 is 31.3 Å². The summed E-state index contributed by atoms with van der Waals surface area (Å²) in [6, 6.07) is 2.33. The monoisotopic (exact) mass is 515 g/mol. The fraction of sp³-hybridized carbons (Fsp3) is 0.421. The maximum absolute atomic E-state index is 13.8. The maximum Gasteiger partial charge on any atom is 0.416 e. The van der Waals surface area contributed by atoms with Gasteiger partial charge in [0.05, 0.1) is 30.8 Å². The van der Waals surface area contributed by atoms with Crippen LogP contribution in [0.5, 0.6) is 0 Å². The molecular weight excluding hydrogens is 498 g/mol. The quantitative estimate of drug-likeness (QED) is 0.561. The van der Waals surface area contributed by atoms with E-state index in [1.54, 1.807) is 0 Å². The fourth-order valence-electron chi connectivity index (χ4n) is 3.43. The van der Waals surface area contributed by atoms with Gasteiger partial charge in [0, 0.05) is 19.1 Å². The Morgan fingerprint density at radius 2 is 1.78 bits per heavy atom. The average Bonchev–Trinajstić information content (AvgIpc) is 2.66. The van der Waals surface area contributed by atoms with Crippen LogP contribution in [0.3, 0.4) is 0 Å². The van der Waals surface area contributed by atoms with Gasteiger partial charge in [0.2, 0.25) is 0 Å². The molecule has 1 fully saturated rings. The van der Waals surface area contributed by atoms with Crippen LogP contribution in [0.15, 0.2) is 40.3 Å². The molecule has 0 aliphatic carbocycles. The molecule has 1 saturated heterocycles. The summed E-state index contributed by atoms with van der Waals surface area (Å²) in [6.45, 7) is 1.24. The molecule has 1 aliphatic heterocycles. The molecule has 0 N–H and O–H groups in total. The van der Waals surface area contributed by atoms with E-state index in [-0.39, 0.29) is 41.1 Å². The van der Waals surface area contributed by atoms with E-state index in [1.165, 1.54) is 6.92 Å². The van der Waals surface area contributed by atoms with Crippen LogP contribution >= 0.6 is 11.6 Å². The highest BCUT2D eigenvalue weighted by atomic mass is 35.5. The fourth-order valence-corrected chi connectivity index (χ4v) is 6.20. The molecule has 13 heteroatoms. The molecule has 2 atom stereocenters. The summed E-state index contributed by atoms with van der Waals surface area (Å²) in [5.74, 6) is -1.33. The molecule has 2 aromatic rings. The highest BCUT2D eigenvalue weighted by Gasteiger charge is 2.46. The zero-order valence-corrected chi connectivity index (χ0v) is 19.2. The van der Waals surface area contributed by atoms with Gasteiger partial charge in [-0.3, -0.25) is 4.98 Å². The second-order valence-electron chi connectivity index (χ2n) is 7.75. The van der Waals surface area contributed by atoms with Crippen molar-refractivity contribution in [1.82, 2.24) is 4.98 Å². The van der Waals surface area contributed by atoms with E-state index in [9.17, 15) is 34.4 Å². The summed E-state index contributed by atoms with van der Waals surface area (Å²) in [5, 5.41) is -0.0651. The second kappa shape index (κ2) is 8.23. The first-order valence-corrected chi connectivity index (χ1v) is 12.9. The Kier molecular flexibility index (Phi) is 6.39. The van der Waals surface area contributed by atoms with Gasteiger partial charge >= 0.3 is 6.18 Å². The van der Waals surface area contributed by atoms with Gasteiger partial charge in [-0.25, -0.2) is 21.2 Å². The molecule has 0 radical (unpaired) electrons. The number of hydrogen-bond acceptors (Lipinski definition) is 6. The number of aromatic nitrogens is 1. The van der Waals surface area contributed by atoms with E-state index in [0.29, 0.717) is 12.1 Å². The molecule has 2 heterocycles. The van der Waals surface area contributed by atoms with Crippen molar-refractivity contribution in [3.05, 3.63) is 52.6 Å². The Morgan fingerprint density at radius 1 is 1.12 bits per heavy atom. The predicted molar refractivity (Wildman–Crippen MR) is 107 cm³/mol. The number of nitrogens with zero attached hydrogens (tertiary/aromatic N) is 1. The van der Waals surface area contributed by atoms with Gasteiger partial charge in [-0.15, -0.1) is 0 Å². The molecule has 0 bridgehead atoms. The number of hydrogen-bond donors (Lipinski definition) is 0. The highest BCUT2D eigenvalue weighted by molar-refractivity contribution is 7.92. The normalized spacial score (nSPS) is 22.7. The van der Waals surface area contributed by atoms with Gasteiger partial charge in [0.1, 0.15) is 11.9 Å². The predicted octanol–water partition coefficient (Wildman–Crippen LogP) is 4.38. The molecule has 1 aromatic carbocycles. The lowest BCUT2D eigenvalue weighted by Crippen LogP contribution is -2.42. The van der Waals surface area contributed by atoms with Crippen LogP contribution in [-0.4, -0.2) is 39.4 Å². The zero-order chi connectivity index (χ0) is 24.1. The first kappa shape index (κ1) is 24.9. The largest absolute Gasteiger partial charge is 0.416 e. The van der Waals surface area contributed by atoms with Gasteiger partial charge in [-0.1, -0.05) is 11.6 Å². The van der Waals surface area contributed by atoms with Crippen LogP contribution in [0.4, 0.5) is 17.6 Å². The average molecular weight is 516 g/mol. The van der Waals surface area contributed by atoms with Crippen LogP contribution in [-0.2, 0) is 30.6 Å².